The minimum absolute atomic E-state index is 0.138. The molecule has 198 valence electrons. The molecule has 2 aliphatic heterocycles. The third-order valence-electron chi connectivity index (χ3n) is 8.58. The van der Waals surface area contributed by atoms with E-state index in [0.29, 0.717) is 47.5 Å². The number of fused-ring (bicyclic) bond motifs is 1. The summed E-state index contributed by atoms with van der Waals surface area (Å²) in [4.78, 5) is 0. The molecule has 0 bridgehead atoms. The summed E-state index contributed by atoms with van der Waals surface area (Å²) in [5.74, 6) is -0.987. The van der Waals surface area contributed by atoms with Gasteiger partial charge in [-0.05, 0) is 91.9 Å². The highest BCUT2D eigenvalue weighted by molar-refractivity contribution is 5.51. The lowest BCUT2D eigenvalue weighted by molar-refractivity contribution is -0.0421. The Balaban J connectivity index is 1.34. The minimum Gasteiger partial charge on any atom is -0.450 e. The molecule has 0 radical (unpaired) electrons. The molecule has 5 heteroatoms. The van der Waals surface area contributed by atoms with Crippen molar-refractivity contribution in [2.75, 3.05) is 6.61 Å². The van der Waals surface area contributed by atoms with Gasteiger partial charge in [0.25, 0.3) is 0 Å². The molecule has 1 aromatic rings. The fourth-order valence-electron chi connectivity index (χ4n) is 6.20. The van der Waals surface area contributed by atoms with Crippen molar-refractivity contribution in [1.29, 1.82) is 0 Å². The van der Waals surface area contributed by atoms with Crippen molar-refractivity contribution in [2.24, 2.45) is 17.8 Å². The van der Waals surface area contributed by atoms with Crippen LogP contribution in [0.25, 0.3) is 0 Å². The first-order chi connectivity index (χ1) is 17.3. The molecule has 1 aromatic carbocycles. The molecule has 2 heterocycles. The summed E-state index contributed by atoms with van der Waals surface area (Å²) in [6.07, 6.45) is 11.9. The van der Waals surface area contributed by atoms with E-state index in [1.165, 1.54) is 38.5 Å². The van der Waals surface area contributed by atoms with Gasteiger partial charge >= 0.3 is 0 Å². The second-order valence-corrected chi connectivity index (χ2v) is 11.0. The van der Waals surface area contributed by atoms with Gasteiger partial charge in [-0.25, -0.2) is 8.78 Å². The normalized spacial score (nSPS) is 27.9. The van der Waals surface area contributed by atoms with Crippen molar-refractivity contribution in [3.63, 3.8) is 0 Å². The van der Waals surface area contributed by atoms with Crippen molar-refractivity contribution >= 4 is 0 Å². The molecule has 2 fully saturated rings. The van der Waals surface area contributed by atoms with Crippen molar-refractivity contribution in [3.8, 4) is 5.75 Å². The Morgan fingerprint density at radius 2 is 1.72 bits per heavy atom. The molecule has 0 N–H and O–H groups in total. The molecule has 2 nitrogen and oxygen atoms in total. The quantitative estimate of drug-likeness (QED) is 0.353. The van der Waals surface area contributed by atoms with Crippen LogP contribution in [0.5, 0.6) is 5.75 Å². The third kappa shape index (κ3) is 5.93. The van der Waals surface area contributed by atoms with Crippen LogP contribution in [-0.2, 0) is 17.6 Å². The molecule has 2 atom stereocenters. The Morgan fingerprint density at radius 1 is 1.00 bits per heavy atom. The van der Waals surface area contributed by atoms with Crippen LogP contribution in [0.2, 0.25) is 0 Å². The first kappa shape index (κ1) is 27.0. The van der Waals surface area contributed by atoms with Crippen LogP contribution in [0.3, 0.4) is 0 Å². The Hall–Kier alpha value is -2.01. The average molecular weight is 503 g/mol. The van der Waals surface area contributed by atoms with Crippen LogP contribution in [0.1, 0.15) is 89.2 Å². The number of rotatable bonds is 8. The van der Waals surface area contributed by atoms with Crippen LogP contribution in [0.4, 0.5) is 13.2 Å². The maximum Gasteiger partial charge on any atom is 0.201 e. The number of allylic oxidation sites excluding steroid dienone is 3. The summed E-state index contributed by atoms with van der Waals surface area (Å²) in [5, 5.41) is 0. The Kier molecular flexibility index (Phi) is 9.03. The number of hydrogen-bond acceptors (Lipinski definition) is 2. The fourth-order valence-corrected chi connectivity index (χ4v) is 6.20. The second kappa shape index (κ2) is 12.0. The Bertz CT molecular complexity index is 996. The number of hydrogen-bond donors (Lipinski definition) is 0. The van der Waals surface area contributed by atoms with E-state index in [0.717, 1.165) is 31.8 Å². The van der Waals surface area contributed by atoms with Crippen LogP contribution in [-0.4, -0.2) is 12.7 Å². The Labute approximate surface area is 214 Å². The third-order valence-corrected chi connectivity index (χ3v) is 8.58. The van der Waals surface area contributed by atoms with E-state index < -0.39 is 17.5 Å². The van der Waals surface area contributed by atoms with Gasteiger partial charge in [0.2, 0.25) is 5.82 Å². The molecule has 1 aliphatic carbocycles. The maximum atomic E-state index is 15.0. The van der Waals surface area contributed by atoms with E-state index in [1.807, 2.05) is 0 Å². The SMILES string of the molecule is C=C(CC)/C(F)=C1/Oc2c(cc(CCC3CCC(C4CCC(CCC)OC4)CC3)c(F)c2F)CC1=C. The van der Waals surface area contributed by atoms with Gasteiger partial charge in [-0.3, -0.25) is 0 Å². The average Bonchev–Trinajstić information content (AvgIpc) is 2.90. The predicted octanol–water partition coefficient (Wildman–Crippen LogP) is 8.94. The second-order valence-electron chi connectivity index (χ2n) is 11.0. The van der Waals surface area contributed by atoms with Crippen LogP contribution in [0.15, 0.2) is 42.0 Å². The van der Waals surface area contributed by atoms with Crippen LogP contribution in [0, 0.1) is 29.4 Å². The van der Waals surface area contributed by atoms with E-state index in [-0.39, 0.29) is 23.5 Å². The fraction of sp³-hybridized carbons (Fsp3) is 0.613. The smallest absolute Gasteiger partial charge is 0.201 e. The summed E-state index contributed by atoms with van der Waals surface area (Å²) in [6, 6.07) is 1.68. The lowest BCUT2D eigenvalue weighted by Gasteiger charge is -2.38. The van der Waals surface area contributed by atoms with Crippen molar-refractivity contribution in [2.45, 2.75) is 97.0 Å². The van der Waals surface area contributed by atoms with Gasteiger partial charge in [-0.2, -0.15) is 4.39 Å². The van der Waals surface area contributed by atoms with Crippen molar-refractivity contribution in [1.82, 2.24) is 0 Å². The molecule has 0 spiro atoms. The van der Waals surface area contributed by atoms with Gasteiger partial charge < -0.3 is 9.47 Å². The molecule has 1 saturated carbocycles. The monoisotopic (exact) mass is 502 g/mol. The van der Waals surface area contributed by atoms with Gasteiger partial charge in [0.05, 0.1) is 12.7 Å². The standard InChI is InChI=1S/C31H41F3O2/c1-5-7-26-15-14-24(18-35-26)22-11-8-21(9-12-22)10-13-23-17-25-16-20(4)30(27(32)19(3)6-2)36-31(25)29(34)28(23)33/h17,21-22,24,26H,3-16,18H2,1-2H3/b30-27-. The summed E-state index contributed by atoms with van der Waals surface area (Å²) >= 11 is 0. The topological polar surface area (TPSA) is 18.5 Å². The van der Waals surface area contributed by atoms with E-state index in [4.69, 9.17) is 9.47 Å². The molecule has 0 aromatic heterocycles. The summed E-state index contributed by atoms with van der Waals surface area (Å²) < 4.78 is 56.2. The van der Waals surface area contributed by atoms with Crippen molar-refractivity contribution in [3.05, 3.63) is 64.7 Å². The number of aryl methyl sites for hydroxylation is 1. The van der Waals surface area contributed by atoms with E-state index in [2.05, 4.69) is 20.1 Å². The number of halogens is 3. The number of ether oxygens (including phenoxy) is 2. The molecule has 36 heavy (non-hydrogen) atoms. The molecule has 4 rings (SSSR count). The maximum absolute atomic E-state index is 15.0. The highest BCUT2D eigenvalue weighted by Crippen LogP contribution is 2.41. The molecule has 2 unspecified atom stereocenters. The van der Waals surface area contributed by atoms with Crippen LogP contribution >= 0.6 is 0 Å². The molecule has 1 saturated heterocycles. The van der Waals surface area contributed by atoms with Gasteiger partial charge in [0.15, 0.2) is 23.2 Å². The highest BCUT2D eigenvalue weighted by atomic mass is 19.2. The zero-order valence-corrected chi connectivity index (χ0v) is 21.9. The number of benzene rings is 1. The van der Waals surface area contributed by atoms with E-state index in [1.54, 1.807) is 13.0 Å². The summed E-state index contributed by atoms with van der Waals surface area (Å²) in [5.41, 5.74) is 1.56. The Morgan fingerprint density at radius 3 is 2.36 bits per heavy atom. The molecular formula is C31H41F3O2. The van der Waals surface area contributed by atoms with E-state index in [9.17, 15) is 13.2 Å². The minimum atomic E-state index is -1.04. The predicted molar refractivity (Wildman–Crippen MR) is 139 cm³/mol. The van der Waals surface area contributed by atoms with Gasteiger partial charge in [-0.15, -0.1) is 0 Å². The zero-order chi connectivity index (χ0) is 25.8. The molecule has 3 aliphatic rings. The van der Waals surface area contributed by atoms with Crippen LogP contribution < -0.4 is 4.74 Å². The lowest BCUT2D eigenvalue weighted by atomic mass is 9.72. The first-order valence-corrected chi connectivity index (χ1v) is 13.9. The van der Waals surface area contributed by atoms with Gasteiger partial charge in [0.1, 0.15) is 0 Å². The van der Waals surface area contributed by atoms with E-state index >= 15 is 0 Å². The van der Waals surface area contributed by atoms with Gasteiger partial charge in [0, 0.05) is 12.0 Å². The highest BCUT2D eigenvalue weighted by Gasteiger charge is 2.32. The summed E-state index contributed by atoms with van der Waals surface area (Å²) in [7, 11) is 0. The summed E-state index contributed by atoms with van der Waals surface area (Å²) in [6.45, 7) is 12.5. The molecule has 0 amide bonds. The van der Waals surface area contributed by atoms with Crippen molar-refractivity contribution < 1.29 is 22.6 Å². The van der Waals surface area contributed by atoms with Gasteiger partial charge in [-0.1, -0.05) is 46.3 Å². The zero-order valence-electron chi connectivity index (χ0n) is 21.9. The lowest BCUT2D eigenvalue weighted by Crippen LogP contribution is -2.32. The largest absolute Gasteiger partial charge is 0.450 e. The molecular weight excluding hydrogens is 461 g/mol. The first-order valence-electron chi connectivity index (χ1n) is 13.9.